The number of hydrogen-bond acceptors (Lipinski definition) is 2. The maximum Gasteiger partial charge on any atom is 0.330 e. The first kappa shape index (κ1) is 19.4. The van der Waals surface area contributed by atoms with Gasteiger partial charge in [0.2, 0.25) is 0 Å². The van der Waals surface area contributed by atoms with Gasteiger partial charge in [0.05, 0.1) is 0 Å². The summed E-state index contributed by atoms with van der Waals surface area (Å²) in [6.07, 6.45) is 4.09. The van der Waals surface area contributed by atoms with E-state index < -0.39 is 17.9 Å². The van der Waals surface area contributed by atoms with Gasteiger partial charge in [-0.05, 0) is 35.1 Å². The number of hydrogen-bond donors (Lipinski definition) is 2. The molecule has 26 heavy (non-hydrogen) atoms. The van der Waals surface area contributed by atoms with Gasteiger partial charge in [0, 0.05) is 5.56 Å². The summed E-state index contributed by atoms with van der Waals surface area (Å²) in [7, 11) is 0. The fraction of sp³-hybridized carbons (Fsp3) is 0.273. The van der Waals surface area contributed by atoms with Crippen LogP contribution in [0.3, 0.4) is 0 Å². The molecule has 2 rings (SSSR count). The third-order valence-electron chi connectivity index (χ3n) is 3.81. The second kappa shape index (κ2) is 8.48. The lowest BCUT2D eigenvalue weighted by Crippen LogP contribution is -2.39. The Labute approximate surface area is 154 Å². The van der Waals surface area contributed by atoms with Crippen LogP contribution in [0, 0.1) is 5.41 Å². The van der Waals surface area contributed by atoms with E-state index in [4.69, 9.17) is 0 Å². The summed E-state index contributed by atoms with van der Waals surface area (Å²) in [5.74, 6) is -1.48. The highest BCUT2D eigenvalue weighted by molar-refractivity contribution is 5.97. The maximum absolute atomic E-state index is 12.3. The van der Waals surface area contributed by atoms with E-state index in [9.17, 15) is 14.7 Å². The van der Waals surface area contributed by atoms with Crippen LogP contribution in [0.1, 0.15) is 42.3 Å². The molecule has 1 atom stereocenters. The van der Waals surface area contributed by atoms with Gasteiger partial charge in [0.15, 0.2) is 0 Å². The highest BCUT2D eigenvalue weighted by Gasteiger charge is 2.19. The predicted molar refractivity (Wildman–Crippen MR) is 103 cm³/mol. The van der Waals surface area contributed by atoms with Gasteiger partial charge >= 0.3 is 5.97 Å². The molecule has 0 saturated carbocycles. The minimum Gasteiger partial charge on any atom is -0.479 e. The molecule has 0 aliphatic carbocycles. The Morgan fingerprint density at radius 3 is 2.12 bits per heavy atom. The van der Waals surface area contributed by atoms with E-state index in [0.717, 1.165) is 12.0 Å². The van der Waals surface area contributed by atoms with Crippen LogP contribution in [-0.2, 0) is 11.2 Å². The molecular formula is C22H25NO3. The van der Waals surface area contributed by atoms with Gasteiger partial charge < -0.3 is 10.4 Å². The van der Waals surface area contributed by atoms with E-state index in [1.54, 1.807) is 18.2 Å². The van der Waals surface area contributed by atoms with Crippen LogP contribution in [0.4, 0.5) is 0 Å². The van der Waals surface area contributed by atoms with Gasteiger partial charge in [0.25, 0.3) is 5.91 Å². The predicted octanol–water partition coefficient (Wildman–Crippen LogP) is 4.06. The van der Waals surface area contributed by atoms with Gasteiger partial charge in [-0.3, -0.25) is 4.79 Å². The first-order valence-corrected chi connectivity index (χ1v) is 8.60. The molecule has 2 aromatic rings. The second-order valence-corrected chi connectivity index (χ2v) is 7.37. The highest BCUT2D eigenvalue weighted by atomic mass is 16.4. The summed E-state index contributed by atoms with van der Waals surface area (Å²) < 4.78 is 0. The first-order chi connectivity index (χ1) is 12.2. The molecule has 0 radical (unpaired) electrons. The van der Waals surface area contributed by atoms with E-state index in [0.29, 0.717) is 5.56 Å². The van der Waals surface area contributed by atoms with Crippen molar-refractivity contribution in [1.29, 1.82) is 0 Å². The van der Waals surface area contributed by atoms with E-state index in [2.05, 4.69) is 17.4 Å². The summed E-state index contributed by atoms with van der Waals surface area (Å²) >= 11 is 0. The number of carboxylic acid groups (broad SMARTS) is 1. The second-order valence-electron chi connectivity index (χ2n) is 7.37. The van der Waals surface area contributed by atoms with Gasteiger partial charge in [-0.15, -0.1) is 0 Å². The molecule has 0 spiro atoms. The Bertz CT molecular complexity index is 771. The number of aliphatic carboxylic acids is 1. The lowest BCUT2D eigenvalue weighted by molar-refractivity contribution is -0.137. The van der Waals surface area contributed by atoms with Crippen molar-refractivity contribution in [2.75, 3.05) is 0 Å². The third-order valence-corrected chi connectivity index (χ3v) is 3.81. The number of carboxylic acids is 1. The molecule has 136 valence electrons. The number of rotatable bonds is 6. The SMILES string of the molecule is CC(C)(C)/C=C/C(NC(=O)c1ccc(Cc2ccccc2)cc1)C(=O)O. The van der Waals surface area contributed by atoms with Gasteiger partial charge in [-0.2, -0.15) is 0 Å². The Kier molecular flexibility index (Phi) is 6.34. The first-order valence-electron chi connectivity index (χ1n) is 8.60. The summed E-state index contributed by atoms with van der Waals surface area (Å²) in [6.45, 7) is 5.90. The van der Waals surface area contributed by atoms with E-state index in [-0.39, 0.29) is 5.41 Å². The average molecular weight is 351 g/mol. The van der Waals surface area contributed by atoms with Crippen molar-refractivity contribution >= 4 is 11.9 Å². The zero-order valence-corrected chi connectivity index (χ0v) is 15.4. The van der Waals surface area contributed by atoms with Crippen LogP contribution in [0.2, 0.25) is 0 Å². The van der Waals surface area contributed by atoms with Crippen molar-refractivity contribution in [3.63, 3.8) is 0 Å². The summed E-state index contributed by atoms with van der Waals surface area (Å²) in [6, 6.07) is 16.3. The number of carbonyl (C=O) groups excluding carboxylic acids is 1. The van der Waals surface area contributed by atoms with Crippen LogP contribution in [0.25, 0.3) is 0 Å². The van der Waals surface area contributed by atoms with Gasteiger partial charge in [-0.1, -0.05) is 75.4 Å². The molecule has 4 nitrogen and oxygen atoms in total. The lowest BCUT2D eigenvalue weighted by atomic mass is 9.95. The maximum atomic E-state index is 12.3. The standard InChI is InChI=1S/C22H25NO3/c1-22(2,3)14-13-19(21(25)26)23-20(24)18-11-9-17(10-12-18)15-16-7-5-4-6-8-16/h4-14,19H,15H2,1-3H3,(H,23,24)(H,25,26)/b14-13+. The molecule has 0 fully saturated rings. The van der Waals surface area contributed by atoms with E-state index in [1.807, 2.05) is 51.1 Å². The van der Waals surface area contributed by atoms with Crippen molar-refractivity contribution in [1.82, 2.24) is 5.32 Å². The largest absolute Gasteiger partial charge is 0.479 e. The number of allylic oxidation sites excluding steroid dienone is 1. The Hall–Kier alpha value is -2.88. The number of nitrogens with one attached hydrogen (secondary N) is 1. The zero-order chi connectivity index (χ0) is 19.2. The number of amides is 1. The smallest absolute Gasteiger partial charge is 0.330 e. The van der Waals surface area contributed by atoms with Crippen LogP contribution < -0.4 is 5.32 Å². The van der Waals surface area contributed by atoms with E-state index >= 15 is 0 Å². The van der Waals surface area contributed by atoms with Crippen LogP contribution in [0.5, 0.6) is 0 Å². The molecule has 0 heterocycles. The number of benzene rings is 2. The summed E-state index contributed by atoms with van der Waals surface area (Å²) in [5.41, 5.74) is 2.58. The molecule has 4 heteroatoms. The van der Waals surface area contributed by atoms with E-state index in [1.165, 1.54) is 11.6 Å². The van der Waals surface area contributed by atoms with Crippen molar-refractivity contribution in [2.24, 2.45) is 5.41 Å². The minimum absolute atomic E-state index is 0.155. The quantitative estimate of drug-likeness (QED) is 0.771. The summed E-state index contributed by atoms with van der Waals surface area (Å²) in [4.78, 5) is 23.7. The zero-order valence-electron chi connectivity index (χ0n) is 15.4. The molecule has 0 aliphatic rings. The molecule has 0 bridgehead atoms. The molecule has 0 aliphatic heterocycles. The lowest BCUT2D eigenvalue weighted by Gasteiger charge is -2.15. The van der Waals surface area contributed by atoms with Crippen molar-refractivity contribution in [3.05, 3.63) is 83.4 Å². The Morgan fingerprint density at radius 2 is 1.58 bits per heavy atom. The fourth-order valence-corrected chi connectivity index (χ4v) is 2.41. The number of carbonyl (C=O) groups is 2. The molecule has 0 aromatic heterocycles. The highest BCUT2D eigenvalue weighted by Crippen LogP contribution is 2.15. The fourth-order valence-electron chi connectivity index (χ4n) is 2.41. The molecule has 2 aromatic carbocycles. The molecule has 1 amide bonds. The average Bonchev–Trinajstić information content (AvgIpc) is 2.59. The van der Waals surface area contributed by atoms with Crippen molar-refractivity contribution in [3.8, 4) is 0 Å². The minimum atomic E-state index is -1.08. The van der Waals surface area contributed by atoms with Crippen molar-refractivity contribution in [2.45, 2.75) is 33.2 Å². The van der Waals surface area contributed by atoms with Gasteiger partial charge in [-0.25, -0.2) is 4.79 Å². The Morgan fingerprint density at radius 1 is 1.00 bits per heavy atom. The monoisotopic (exact) mass is 351 g/mol. The summed E-state index contributed by atoms with van der Waals surface area (Å²) in [5, 5.41) is 11.9. The third kappa shape index (κ3) is 6.20. The van der Waals surface area contributed by atoms with Gasteiger partial charge in [0.1, 0.15) is 6.04 Å². The van der Waals surface area contributed by atoms with Crippen LogP contribution in [0.15, 0.2) is 66.7 Å². The molecule has 0 saturated heterocycles. The Balaban J connectivity index is 2.04. The topological polar surface area (TPSA) is 66.4 Å². The van der Waals surface area contributed by atoms with Crippen LogP contribution >= 0.6 is 0 Å². The molecule has 2 N–H and O–H groups in total. The normalized spacial score (nSPS) is 12.7. The molecule has 1 unspecified atom stereocenters. The van der Waals surface area contributed by atoms with Crippen molar-refractivity contribution < 1.29 is 14.7 Å². The molecular weight excluding hydrogens is 326 g/mol. The van der Waals surface area contributed by atoms with Crippen LogP contribution in [-0.4, -0.2) is 23.0 Å².